The Labute approximate surface area is 395 Å². The molecule has 1 unspecified atom stereocenters. The molecule has 13 aromatic rings. The van der Waals surface area contributed by atoms with Crippen LogP contribution in [0.25, 0.3) is 80.3 Å². The third kappa shape index (κ3) is 5.12. The average molecular weight is 887 g/mol. The van der Waals surface area contributed by atoms with Crippen molar-refractivity contribution in [2.45, 2.75) is 15.2 Å². The minimum atomic E-state index is -0.521. The van der Waals surface area contributed by atoms with Crippen LogP contribution in [0.1, 0.15) is 22.3 Å². The molecule has 2 aromatic heterocycles. The van der Waals surface area contributed by atoms with Gasteiger partial charge < -0.3 is 9.47 Å². The smallest absolute Gasteiger partial charge is 0.0735 e. The molecule has 2 aliphatic rings. The number of anilines is 3. The average Bonchev–Trinajstić information content (AvgIpc) is 3.93. The number of rotatable bonds is 4. The molecule has 0 radical (unpaired) electrons. The summed E-state index contributed by atoms with van der Waals surface area (Å²) in [4.78, 5) is 5.09. The first kappa shape index (κ1) is 37.3. The third-order valence-corrected chi connectivity index (χ3v) is 16.9. The van der Waals surface area contributed by atoms with Crippen molar-refractivity contribution in [2.24, 2.45) is 0 Å². The first-order chi connectivity index (χ1) is 33.2. The summed E-state index contributed by atoms with van der Waals surface area (Å²) >= 11 is 3.77. The van der Waals surface area contributed by atoms with Crippen molar-refractivity contribution in [3.63, 3.8) is 0 Å². The molecule has 0 N–H and O–H groups in total. The second-order valence-electron chi connectivity index (χ2n) is 17.9. The number of hydrogen-bond acceptors (Lipinski definition) is 3. The molecule has 67 heavy (non-hydrogen) atoms. The summed E-state index contributed by atoms with van der Waals surface area (Å²) in [5.74, 6) is 0. The van der Waals surface area contributed by atoms with Crippen LogP contribution < -0.4 is 4.90 Å². The zero-order chi connectivity index (χ0) is 43.8. The summed E-state index contributed by atoms with van der Waals surface area (Å²) in [5, 5.41) is 10.1. The van der Waals surface area contributed by atoms with Crippen LogP contribution in [-0.4, -0.2) is 4.57 Å². The number of hydrogen-bond donors (Lipinski definition) is 0. The normalized spacial score (nSPS) is 14.9. The molecule has 0 saturated heterocycles. The van der Waals surface area contributed by atoms with E-state index in [0.29, 0.717) is 0 Å². The molecule has 1 aliphatic heterocycles. The highest BCUT2D eigenvalue weighted by atomic mass is 32.2. The monoisotopic (exact) mass is 886 g/mol. The molecule has 0 amide bonds. The number of para-hydroxylation sites is 1. The van der Waals surface area contributed by atoms with Crippen LogP contribution >= 0.6 is 23.1 Å². The summed E-state index contributed by atoms with van der Waals surface area (Å²) in [5.41, 5.74) is 14.4. The molecule has 0 bridgehead atoms. The fourth-order valence-electron chi connectivity index (χ4n) is 12.0. The van der Waals surface area contributed by atoms with Gasteiger partial charge in [0, 0.05) is 57.5 Å². The fraction of sp³-hybridized carbons (Fsp3) is 0.0159. The van der Waals surface area contributed by atoms with Gasteiger partial charge in [0.15, 0.2) is 0 Å². The van der Waals surface area contributed by atoms with Crippen molar-refractivity contribution in [1.82, 2.24) is 4.57 Å². The van der Waals surface area contributed by atoms with E-state index in [0.717, 1.165) is 11.4 Å². The molecule has 11 aromatic carbocycles. The fourth-order valence-corrected chi connectivity index (χ4v) is 14.3. The molecule has 1 atom stereocenters. The lowest BCUT2D eigenvalue weighted by Gasteiger charge is -2.46. The van der Waals surface area contributed by atoms with Crippen molar-refractivity contribution < 1.29 is 0 Å². The zero-order valence-electron chi connectivity index (χ0n) is 36.2. The van der Waals surface area contributed by atoms with Crippen LogP contribution in [0.3, 0.4) is 0 Å². The molecule has 0 saturated carbocycles. The number of aromatic nitrogens is 1. The highest BCUT2D eigenvalue weighted by molar-refractivity contribution is 7.99. The minimum Gasteiger partial charge on any atom is -0.310 e. The van der Waals surface area contributed by atoms with Crippen LogP contribution in [0.15, 0.2) is 240 Å². The summed E-state index contributed by atoms with van der Waals surface area (Å²) in [6.07, 6.45) is 0. The van der Waals surface area contributed by atoms with E-state index >= 15 is 0 Å². The molecule has 0 fully saturated rings. The molecular weight excluding hydrogens is 849 g/mol. The van der Waals surface area contributed by atoms with Crippen molar-refractivity contribution >= 4 is 104 Å². The van der Waals surface area contributed by atoms with E-state index in [1.807, 2.05) is 23.1 Å². The maximum absolute atomic E-state index is 2.53. The maximum atomic E-state index is 2.53. The maximum Gasteiger partial charge on any atom is 0.0735 e. The Morgan fingerprint density at radius 1 is 0.373 bits per heavy atom. The third-order valence-electron chi connectivity index (χ3n) is 14.6. The number of fused-ring (bicyclic) bond motifs is 15. The van der Waals surface area contributed by atoms with Crippen molar-refractivity contribution in [3.8, 4) is 16.8 Å². The molecule has 15 rings (SSSR count). The molecular formula is C63H38N2S2. The van der Waals surface area contributed by atoms with Gasteiger partial charge in [-0.2, -0.15) is 0 Å². The first-order valence-electron chi connectivity index (χ1n) is 23.0. The van der Waals surface area contributed by atoms with Gasteiger partial charge in [-0.05, 0) is 110 Å². The lowest BCUT2D eigenvalue weighted by Crippen LogP contribution is -2.36. The molecule has 4 heteroatoms. The summed E-state index contributed by atoms with van der Waals surface area (Å²) in [7, 11) is 0. The number of benzene rings is 11. The highest BCUT2D eigenvalue weighted by Gasteiger charge is 2.48. The van der Waals surface area contributed by atoms with Crippen molar-refractivity contribution in [3.05, 3.63) is 253 Å². The van der Waals surface area contributed by atoms with Gasteiger partial charge in [0.2, 0.25) is 0 Å². The Bertz CT molecular complexity index is 4220. The van der Waals surface area contributed by atoms with Gasteiger partial charge in [0.05, 0.1) is 27.8 Å². The molecule has 3 heterocycles. The van der Waals surface area contributed by atoms with Gasteiger partial charge in [-0.1, -0.05) is 182 Å². The largest absolute Gasteiger partial charge is 0.310 e. The number of nitrogens with zero attached hydrogens (tertiary/aromatic N) is 2. The lowest BCUT2D eigenvalue weighted by atomic mass is 9.59. The van der Waals surface area contributed by atoms with E-state index in [9.17, 15) is 0 Å². The van der Waals surface area contributed by atoms with Crippen LogP contribution in [0.2, 0.25) is 0 Å². The Morgan fingerprint density at radius 2 is 1.00 bits per heavy atom. The van der Waals surface area contributed by atoms with Crippen molar-refractivity contribution in [2.75, 3.05) is 4.90 Å². The second kappa shape index (κ2) is 14.1. The molecule has 312 valence electrons. The number of thiophene rings is 1. The standard InChI is InChI=1S/C63H38N2S2/c1-2-19-43-39(15-1)16-13-28-53(43)65-54-27-8-4-21-45(54)46-35-33-41(37-56(46)65)64(55-29-14-32-59-62(55)48-22-5-9-30-57(48)66-59)42-34-36-51-60(38-42)67-58-31-10-7-25-50(58)63(51)49-24-6-3-20-44(49)47-23-11-17-40-18-12-26-52(63)61(40)47/h1-38H. The highest BCUT2D eigenvalue weighted by Crippen LogP contribution is 2.62. The van der Waals surface area contributed by atoms with Gasteiger partial charge in [-0.3, -0.25) is 0 Å². The van der Waals surface area contributed by atoms with Gasteiger partial charge in [0.25, 0.3) is 0 Å². The summed E-state index contributed by atoms with van der Waals surface area (Å²) in [6, 6.07) is 86.5. The molecule has 2 nitrogen and oxygen atoms in total. The van der Waals surface area contributed by atoms with Crippen LogP contribution in [0.5, 0.6) is 0 Å². The van der Waals surface area contributed by atoms with Gasteiger partial charge in [-0.15, -0.1) is 11.3 Å². The zero-order valence-corrected chi connectivity index (χ0v) is 37.8. The summed E-state index contributed by atoms with van der Waals surface area (Å²) < 4.78 is 5.05. The predicted octanol–water partition coefficient (Wildman–Crippen LogP) is 17.8. The Kier molecular flexibility index (Phi) is 7.84. The predicted molar refractivity (Wildman–Crippen MR) is 285 cm³/mol. The Morgan fingerprint density at radius 3 is 1.94 bits per heavy atom. The first-order valence-corrected chi connectivity index (χ1v) is 24.6. The van der Waals surface area contributed by atoms with Gasteiger partial charge in [0.1, 0.15) is 0 Å². The van der Waals surface area contributed by atoms with E-state index < -0.39 is 5.41 Å². The van der Waals surface area contributed by atoms with E-state index in [4.69, 9.17) is 0 Å². The molecule has 1 spiro atoms. The second-order valence-corrected chi connectivity index (χ2v) is 20.1. The van der Waals surface area contributed by atoms with Crippen molar-refractivity contribution in [1.29, 1.82) is 0 Å². The SMILES string of the molecule is c1ccc2c(c1)Sc1cc(N(c3ccc4c5ccccc5n(-c5cccc6ccccc56)c4c3)c3cccc4sc5ccccc5c34)ccc1C21c2ccccc2-c2cccc3cccc1c23. The quantitative estimate of drug-likeness (QED) is 0.174. The lowest BCUT2D eigenvalue weighted by molar-refractivity contribution is 0.707. The van der Waals surface area contributed by atoms with E-state index in [2.05, 4.69) is 240 Å². The van der Waals surface area contributed by atoms with E-state index in [1.165, 1.54) is 118 Å². The van der Waals surface area contributed by atoms with Gasteiger partial charge >= 0.3 is 0 Å². The van der Waals surface area contributed by atoms with Crippen LogP contribution in [-0.2, 0) is 5.41 Å². The summed E-state index contributed by atoms with van der Waals surface area (Å²) in [6.45, 7) is 0. The topological polar surface area (TPSA) is 8.17 Å². The Balaban J connectivity index is 1.03. The minimum absolute atomic E-state index is 0.521. The van der Waals surface area contributed by atoms with Crippen LogP contribution in [0, 0.1) is 0 Å². The van der Waals surface area contributed by atoms with E-state index in [-0.39, 0.29) is 0 Å². The van der Waals surface area contributed by atoms with Crippen LogP contribution in [0.4, 0.5) is 17.1 Å². The van der Waals surface area contributed by atoms with E-state index in [1.54, 1.807) is 0 Å². The molecule has 1 aliphatic carbocycles. The Hall–Kier alpha value is -7.89. The van der Waals surface area contributed by atoms with Gasteiger partial charge in [-0.25, -0.2) is 0 Å².